The molecular weight excluding hydrogens is 606 g/mol. The SMILES string of the molecule is C=C[C@]1(C)C[C@@H](OC(=O)CSC2CCCN(c3c(NCC(=O)N(C)C)c(=O)c3=O)C2)[C@]2(C)[C@H](C)CC[C@]3(CCC(=O)[C@H]32)[C@@H](C)[C@@H]1O. The third-order valence-corrected chi connectivity index (χ3v) is 13.8. The fourth-order valence-corrected chi connectivity index (χ4v) is 10.4. The van der Waals surface area contributed by atoms with Crippen LogP contribution in [0.5, 0.6) is 0 Å². The summed E-state index contributed by atoms with van der Waals surface area (Å²) in [6.07, 6.45) is 5.62. The molecule has 1 aliphatic heterocycles. The molecule has 254 valence electrons. The number of ether oxygens (including phenoxy) is 1. The van der Waals surface area contributed by atoms with E-state index in [0.717, 1.165) is 32.1 Å². The van der Waals surface area contributed by atoms with Gasteiger partial charge in [-0.3, -0.25) is 24.0 Å². The van der Waals surface area contributed by atoms with E-state index in [1.54, 1.807) is 20.2 Å². The lowest BCUT2D eigenvalue weighted by Crippen LogP contribution is -2.63. The zero-order valence-corrected chi connectivity index (χ0v) is 29.0. The van der Waals surface area contributed by atoms with Crippen molar-refractivity contribution in [1.29, 1.82) is 0 Å². The maximum absolute atomic E-state index is 13.6. The minimum Gasteiger partial charge on any atom is -0.461 e. The van der Waals surface area contributed by atoms with Gasteiger partial charge in [-0.25, -0.2) is 0 Å². The zero-order chi connectivity index (χ0) is 33.8. The monoisotopic (exact) mass is 657 g/mol. The second kappa shape index (κ2) is 12.7. The predicted molar refractivity (Wildman–Crippen MR) is 181 cm³/mol. The van der Waals surface area contributed by atoms with Crippen LogP contribution in [-0.4, -0.2) is 84.6 Å². The van der Waals surface area contributed by atoms with Gasteiger partial charge in [0.05, 0.1) is 18.4 Å². The maximum Gasteiger partial charge on any atom is 0.316 e. The Hall–Kier alpha value is -2.66. The highest BCUT2D eigenvalue weighted by atomic mass is 32.2. The Kier molecular flexibility index (Phi) is 9.61. The van der Waals surface area contributed by atoms with Crippen molar-refractivity contribution in [2.75, 3.05) is 49.7 Å². The first kappa shape index (κ1) is 34.7. The number of aliphatic hydroxyl groups is 1. The van der Waals surface area contributed by atoms with Crippen molar-refractivity contribution in [3.8, 4) is 0 Å². The largest absolute Gasteiger partial charge is 0.461 e. The van der Waals surface area contributed by atoms with Gasteiger partial charge >= 0.3 is 5.97 Å². The van der Waals surface area contributed by atoms with E-state index >= 15 is 0 Å². The Morgan fingerprint density at radius 1 is 1.15 bits per heavy atom. The fraction of sp³-hybridized carbons (Fsp3) is 0.743. The normalized spacial score (nSPS) is 37.6. The molecule has 4 fully saturated rings. The van der Waals surface area contributed by atoms with Gasteiger partial charge in [0, 0.05) is 55.6 Å². The van der Waals surface area contributed by atoms with E-state index in [0.29, 0.717) is 31.6 Å². The minimum absolute atomic E-state index is 0.0358. The number of carbonyl (C=O) groups is 3. The van der Waals surface area contributed by atoms with E-state index in [1.807, 2.05) is 11.8 Å². The van der Waals surface area contributed by atoms with E-state index < -0.39 is 33.9 Å². The molecule has 3 saturated carbocycles. The van der Waals surface area contributed by atoms with Crippen LogP contribution in [0, 0.1) is 34.0 Å². The Bertz CT molecular complexity index is 1450. The molecule has 11 heteroatoms. The summed E-state index contributed by atoms with van der Waals surface area (Å²) in [6.45, 7) is 13.5. The number of Topliss-reactive ketones (excluding diaryl/α,β-unsaturated/α-hetero) is 1. The Labute approximate surface area is 276 Å². The average molecular weight is 658 g/mol. The molecular formula is C35H51N3O7S. The number of hydrogen-bond acceptors (Lipinski definition) is 10. The quantitative estimate of drug-likeness (QED) is 0.231. The summed E-state index contributed by atoms with van der Waals surface area (Å²) in [6, 6.07) is 0. The first-order valence-corrected chi connectivity index (χ1v) is 17.8. The minimum atomic E-state index is -0.712. The summed E-state index contributed by atoms with van der Waals surface area (Å²) in [4.78, 5) is 67.5. The number of nitrogens with one attached hydrogen (secondary N) is 1. The Morgan fingerprint density at radius 3 is 2.54 bits per heavy atom. The average Bonchev–Trinajstić information content (AvgIpc) is 3.39. The lowest BCUT2D eigenvalue weighted by Gasteiger charge is -2.61. The highest BCUT2D eigenvalue weighted by Gasteiger charge is 2.68. The Balaban J connectivity index is 1.30. The molecule has 10 nitrogen and oxygen atoms in total. The van der Waals surface area contributed by atoms with Gasteiger partial charge in [-0.15, -0.1) is 18.3 Å². The molecule has 1 aromatic carbocycles. The number of carbonyl (C=O) groups excluding carboxylic acids is 3. The number of ketones is 1. The molecule has 46 heavy (non-hydrogen) atoms. The molecule has 1 amide bonds. The van der Waals surface area contributed by atoms with Gasteiger partial charge in [0.1, 0.15) is 23.3 Å². The molecule has 3 aliphatic carbocycles. The van der Waals surface area contributed by atoms with Crippen LogP contribution in [0.2, 0.25) is 0 Å². The summed E-state index contributed by atoms with van der Waals surface area (Å²) >= 11 is 1.48. The number of rotatable bonds is 9. The number of likely N-dealkylation sites (N-methyl/N-ethyl adjacent to an activating group) is 1. The molecule has 2 bridgehead atoms. The third kappa shape index (κ3) is 5.63. The van der Waals surface area contributed by atoms with E-state index in [2.05, 4.69) is 32.7 Å². The number of amides is 1. The summed E-state index contributed by atoms with van der Waals surface area (Å²) < 4.78 is 6.40. The number of anilines is 2. The molecule has 1 aromatic rings. The van der Waals surface area contributed by atoms with Crippen molar-refractivity contribution in [2.24, 2.45) is 34.0 Å². The predicted octanol–water partition coefficient (Wildman–Crippen LogP) is 3.39. The summed E-state index contributed by atoms with van der Waals surface area (Å²) in [5.41, 5.74) is -2.23. The number of nitrogens with zero attached hydrogens (tertiary/aromatic N) is 2. The lowest BCUT2D eigenvalue weighted by molar-refractivity contribution is -0.205. The van der Waals surface area contributed by atoms with Crippen LogP contribution in [0.3, 0.4) is 0 Å². The molecule has 0 aromatic heterocycles. The van der Waals surface area contributed by atoms with Gasteiger partial charge in [0.25, 0.3) is 10.9 Å². The second-order valence-electron chi connectivity index (χ2n) is 15.1. The standard InChI is InChI=1S/C35H51N3O7S/c1-8-33(4)16-24(34(5)20(2)11-13-35(21(3)32(33)44)14-12-23(39)31(34)35)45-26(41)19-46-22-10-9-15-38(18-22)28-27(29(42)30(28)43)36-17-25(40)37(6)7/h8,20-22,24,31-32,36,44H,1,9-19H2,2-7H3/t20-,21+,22?,24-,31+,32+,33-,34+,35+/m1/s1. The highest BCUT2D eigenvalue weighted by Crippen LogP contribution is 2.68. The summed E-state index contributed by atoms with van der Waals surface area (Å²) in [5, 5.41) is 14.6. The van der Waals surface area contributed by atoms with Crippen LogP contribution in [-0.2, 0) is 19.1 Å². The lowest BCUT2D eigenvalue weighted by atomic mass is 9.44. The van der Waals surface area contributed by atoms with Crippen LogP contribution >= 0.6 is 11.8 Å². The van der Waals surface area contributed by atoms with Crippen molar-refractivity contribution in [3.63, 3.8) is 0 Å². The number of thioether (sulfide) groups is 1. The smallest absolute Gasteiger partial charge is 0.316 e. The van der Waals surface area contributed by atoms with Crippen molar-refractivity contribution in [1.82, 2.24) is 4.90 Å². The van der Waals surface area contributed by atoms with E-state index in [9.17, 15) is 29.1 Å². The van der Waals surface area contributed by atoms with E-state index in [4.69, 9.17) is 4.74 Å². The molecule has 1 unspecified atom stereocenters. The summed E-state index contributed by atoms with van der Waals surface area (Å²) in [7, 11) is 3.25. The van der Waals surface area contributed by atoms with Gasteiger partial charge in [0.15, 0.2) is 0 Å². The van der Waals surface area contributed by atoms with Crippen LogP contribution in [0.1, 0.15) is 72.6 Å². The molecule has 4 aliphatic rings. The van der Waals surface area contributed by atoms with Gasteiger partial charge in [-0.05, 0) is 55.8 Å². The summed E-state index contributed by atoms with van der Waals surface area (Å²) in [5.74, 6) is -0.411. The zero-order valence-electron chi connectivity index (χ0n) is 28.2. The number of esters is 1. The molecule has 9 atom stereocenters. The molecule has 1 saturated heterocycles. The Morgan fingerprint density at radius 2 is 1.87 bits per heavy atom. The number of hydrogen-bond donors (Lipinski definition) is 2. The first-order valence-electron chi connectivity index (χ1n) is 16.8. The molecule has 0 radical (unpaired) electrons. The molecule has 2 N–H and O–H groups in total. The van der Waals surface area contributed by atoms with Crippen LogP contribution in [0.4, 0.5) is 11.4 Å². The van der Waals surface area contributed by atoms with Gasteiger partial charge in [0.2, 0.25) is 5.91 Å². The maximum atomic E-state index is 13.6. The molecule has 1 heterocycles. The first-order chi connectivity index (χ1) is 21.6. The van der Waals surface area contributed by atoms with Gasteiger partial charge in [-0.2, -0.15) is 0 Å². The second-order valence-corrected chi connectivity index (χ2v) is 16.4. The molecule has 0 spiro atoms. The highest BCUT2D eigenvalue weighted by molar-refractivity contribution is 8.00. The number of piperidine rings is 1. The van der Waals surface area contributed by atoms with Crippen molar-refractivity contribution in [2.45, 2.75) is 90.1 Å². The molecule has 5 rings (SSSR count). The van der Waals surface area contributed by atoms with Crippen LogP contribution < -0.4 is 21.1 Å². The van der Waals surface area contributed by atoms with Gasteiger partial charge in [-0.1, -0.05) is 33.8 Å². The fourth-order valence-electron chi connectivity index (χ4n) is 9.32. The van der Waals surface area contributed by atoms with E-state index in [1.165, 1.54) is 16.7 Å². The number of aliphatic hydroxyl groups excluding tert-OH is 1. The topological polar surface area (TPSA) is 133 Å². The van der Waals surface area contributed by atoms with Crippen molar-refractivity contribution < 1.29 is 24.2 Å². The van der Waals surface area contributed by atoms with E-state index in [-0.39, 0.29) is 64.1 Å². The van der Waals surface area contributed by atoms with Crippen molar-refractivity contribution >= 4 is 40.8 Å². The van der Waals surface area contributed by atoms with Crippen LogP contribution in [0.25, 0.3) is 0 Å². The van der Waals surface area contributed by atoms with Crippen LogP contribution in [0.15, 0.2) is 22.2 Å². The van der Waals surface area contributed by atoms with Gasteiger partial charge < -0.3 is 25.0 Å². The van der Waals surface area contributed by atoms with Crippen molar-refractivity contribution in [3.05, 3.63) is 33.1 Å². The third-order valence-electron chi connectivity index (χ3n) is 12.5.